The number of nitrogens with zero attached hydrogens (tertiary/aromatic N) is 1. The van der Waals surface area contributed by atoms with Crippen molar-refractivity contribution in [2.24, 2.45) is 0 Å². The van der Waals surface area contributed by atoms with Gasteiger partial charge in [0.25, 0.3) is 5.91 Å². The van der Waals surface area contributed by atoms with Crippen molar-refractivity contribution in [3.63, 3.8) is 0 Å². The molecule has 0 radical (unpaired) electrons. The number of carbonyl (C=O) groups excluding carboxylic acids is 1. The minimum atomic E-state index is -0.202. The molecule has 0 fully saturated rings. The van der Waals surface area contributed by atoms with Crippen LogP contribution in [0.15, 0.2) is 47.8 Å². The molecular weight excluding hydrogens is 304 g/mol. The van der Waals surface area contributed by atoms with Gasteiger partial charge in [0, 0.05) is 12.1 Å². The van der Waals surface area contributed by atoms with Crippen LogP contribution in [0.2, 0.25) is 0 Å². The molecule has 0 spiro atoms. The molecule has 4 heteroatoms. The van der Waals surface area contributed by atoms with E-state index >= 15 is 0 Å². The Hall–Kier alpha value is -2.07. The second-order valence-electron chi connectivity index (χ2n) is 6.46. The summed E-state index contributed by atoms with van der Waals surface area (Å²) in [5.74, 6) is -0.00354. The van der Waals surface area contributed by atoms with E-state index in [1.807, 2.05) is 24.3 Å². The molecule has 120 valence electrons. The van der Waals surface area contributed by atoms with Gasteiger partial charge in [0.15, 0.2) is 0 Å². The third kappa shape index (κ3) is 3.32. The second kappa shape index (κ2) is 6.20. The summed E-state index contributed by atoms with van der Waals surface area (Å²) < 4.78 is 3.27. The molecular formula is C19H22N2OS. The predicted molar refractivity (Wildman–Crippen MR) is 97.2 cm³/mol. The molecule has 0 aliphatic heterocycles. The number of nitrogens with one attached hydrogen (secondary N) is 1. The van der Waals surface area contributed by atoms with Gasteiger partial charge in [-0.1, -0.05) is 37.3 Å². The molecule has 2 aromatic heterocycles. The van der Waals surface area contributed by atoms with E-state index in [-0.39, 0.29) is 11.4 Å². The Kier molecular flexibility index (Phi) is 4.26. The molecule has 0 atom stereocenters. The van der Waals surface area contributed by atoms with Gasteiger partial charge < -0.3 is 9.88 Å². The van der Waals surface area contributed by atoms with Crippen LogP contribution in [0.25, 0.3) is 10.2 Å². The smallest absolute Gasteiger partial charge is 0.268 e. The molecule has 3 rings (SSSR count). The highest BCUT2D eigenvalue weighted by Gasteiger charge is 2.22. The summed E-state index contributed by atoms with van der Waals surface area (Å²) >= 11 is 1.67. The van der Waals surface area contributed by atoms with Crippen LogP contribution in [0.3, 0.4) is 0 Å². The van der Waals surface area contributed by atoms with Crippen molar-refractivity contribution in [2.75, 3.05) is 0 Å². The third-order valence-corrected chi connectivity index (χ3v) is 5.13. The van der Waals surface area contributed by atoms with Crippen LogP contribution in [-0.2, 0) is 6.54 Å². The Balaban J connectivity index is 1.98. The molecule has 0 aliphatic rings. The Morgan fingerprint density at radius 3 is 2.65 bits per heavy atom. The molecule has 0 saturated carbocycles. The number of carbonyl (C=O) groups is 1. The van der Waals surface area contributed by atoms with E-state index in [4.69, 9.17) is 0 Å². The molecule has 2 heterocycles. The van der Waals surface area contributed by atoms with Gasteiger partial charge in [-0.05, 0) is 43.3 Å². The topological polar surface area (TPSA) is 34.0 Å². The number of fused-ring (bicyclic) bond motifs is 1. The number of benzene rings is 1. The van der Waals surface area contributed by atoms with Gasteiger partial charge in [0.1, 0.15) is 5.69 Å². The Labute approximate surface area is 140 Å². The quantitative estimate of drug-likeness (QED) is 0.726. The van der Waals surface area contributed by atoms with Crippen molar-refractivity contribution in [1.29, 1.82) is 0 Å². The zero-order valence-electron chi connectivity index (χ0n) is 13.8. The van der Waals surface area contributed by atoms with Gasteiger partial charge in [-0.25, -0.2) is 0 Å². The average molecular weight is 326 g/mol. The van der Waals surface area contributed by atoms with Gasteiger partial charge in [0.2, 0.25) is 0 Å². The monoisotopic (exact) mass is 326 g/mol. The Bertz CT molecular complexity index is 814. The summed E-state index contributed by atoms with van der Waals surface area (Å²) in [6.45, 7) is 6.90. The van der Waals surface area contributed by atoms with Crippen LogP contribution in [0.4, 0.5) is 0 Å². The molecule has 3 aromatic rings. The van der Waals surface area contributed by atoms with Gasteiger partial charge >= 0.3 is 0 Å². The first kappa shape index (κ1) is 15.8. The van der Waals surface area contributed by atoms with Crippen molar-refractivity contribution >= 4 is 27.5 Å². The standard InChI is InChI=1S/C19H22N2OS/c1-4-19(2,3)20-18(22)16-12-17-15(10-11-23-17)21(16)13-14-8-6-5-7-9-14/h5-12H,4,13H2,1-3H3,(H,20,22). The van der Waals surface area contributed by atoms with E-state index in [9.17, 15) is 4.79 Å². The second-order valence-corrected chi connectivity index (χ2v) is 7.41. The fourth-order valence-corrected chi connectivity index (χ4v) is 3.38. The average Bonchev–Trinajstić information content (AvgIpc) is 3.11. The number of hydrogen-bond acceptors (Lipinski definition) is 2. The lowest BCUT2D eigenvalue weighted by atomic mass is 10.0. The molecule has 3 nitrogen and oxygen atoms in total. The van der Waals surface area contributed by atoms with Gasteiger partial charge in [0.05, 0.1) is 10.2 Å². The maximum atomic E-state index is 12.8. The molecule has 0 bridgehead atoms. The molecule has 1 N–H and O–H groups in total. The minimum absolute atomic E-state index is 0.00354. The fraction of sp³-hybridized carbons (Fsp3) is 0.316. The summed E-state index contributed by atoms with van der Waals surface area (Å²) in [5.41, 5.74) is 2.85. The lowest BCUT2D eigenvalue weighted by molar-refractivity contribution is 0.0902. The highest BCUT2D eigenvalue weighted by Crippen LogP contribution is 2.26. The van der Waals surface area contributed by atoms with Crippen molar-refractivity contribution < 1.29 is 4.79 Å². The number of aromatic nitrogens is 1. The molecule has 1 amide bonds. The van der Waals surface area contributed by atoms with Gasteiger partial charge in [-0.3, -0.25) is 4.79 Å². The van der Waals surface area contributed by atoms with E-state index in [1.54, 1.807) is 11.3 Å². The van der Waals surface area contributed by atoms with E-state index in [2.05, 4.69) is 54.2 Å². The van der Waals surface area contributed by atoms with E-state index in [0.29, 0.717) is 6.54 Å². The predicted octanol–water partition coefficient (Wildman–Crippen LogP) is 4.67. The molecule has 0 unspecified atom stereocenters. The third-order valence-electron chi connectivity index (χ3n) is 4.27. The number of hydrogen-bond donors (Lipinski definition) is 1. The highest BCUT2D eigenvalue weighted by molar-refractivity contribution is 7.17. The highest BCUT2D eigenvalue weighted by atomic mass is 32.1. The SMILES string of the molecule is CCC(C)(C)NC(=O)c1cc2sccc2n1Cc1ccccc1. The van der Waals surface area contributed by atoms with Crippen molar-refractivity contribution in [1.82, 2.24) is 9.88 Å². The number of rotatable bonds is 5. The van der Waals surface area contributed by atoms with Crippen molar-refractivity contribution in [3.8, 4) is 0 Å². The van der Waals surface area contributed by atoms with Crippen LogP contribution >= 0.6 is 11.3 Å². The minimum Gasteiger partial charge on any atom is -0.346 e. The summed E-state index contributed by atoms with van der Waals surface area (Å²) in [6.07, 6.45) is 0.895. The van der Waals surface area contributed by atoms with Crippen LogP contribution in [0, 0.1) is 0 Å². The van der Waals surface area contributed by atoms with E-state index in [0.717, 1.165) is 22.3 Å². The zero-order chi connectivity index (χ0) is 16.4. The largest absolute Gasteiger partial charge is 0.346 e. The summed E-state index contributed by atoms with van der Waals surface area (Å²) in [7, 11) is 0. The first-order chi connectivity index (χ1) is 11.0. The normalized spacial score (nSPS) is 11.8. The first-order valence-corrected chi connectivity index (χ1v) is 8.81. The molecule has 23 heavy (non-hydrogen) atoms. The summed E-state index contributed by atoms with van der Waals surface area (Å²) in [5, 5.41) is 5.22. The molecule has 1 aromatic carbocycles. The van der Waals surface area contributed by atoms with Crippen LogP contribution in [0.1, 0.15) is 43.2 Å². The number of thiophene rings is 1. The fourth-order valence-electron chi connectivity index (χ4n) is 2.56. The Morgan fingerprint density at radius 1 is 1.22 bits per heavy atom. The summed E-state index contributed by atoms with van der Waals surface area (Å²) in [4.78, 5) is 12.8. The van der Waals surface area contributed by atoms with Gasteiger partial charge in [-0.2, -0.15) is 0 Å². The summed E-state index contributed by atoms with van der Waals surface area (Å²) in [6, 6.07) is 14.4. The maximum Gasteiger partial charge on any atom is 0.268 e. The van der Waals surface area contributed by atoms with Crippen LogP contribution in [0.5, 0.6) is 0 Å². The van der Waals surface area contributed by atoms with Gasteiger partial charge in [-0.15, -0.1) is 11.3 Å². The van der Waals surface area contributed by atoms with Crippen molar-refractivity contribution in [2.45, 2.75) is 39.3 Å². The van der Waals surface area contributed by atoms with E-state index < -0.39 is 0 Å². The van der Waals surface area contributed by atoms with Crippen LogP contribution in [-0.4, -0.2) is 16.0 Å². The number of amides is 1. The lowest BCUT2D eigenvalue weighted by Crippen LogP contribution is -2.43. The molecule has 0 saturated heterocycles. The first-order valence-electron chi connectivity index (χ1n) is 7.93. The molecule has 0 aliphatic carbocycles. The van der Waals surface area contributed by atoms with E-state index in [1.165, 1.54) is 5.56 Å². The maximum absolute atomic E-state index is 12.8. The Morgan fingerprint density at radius 2 is 1.96 bits per heavy atom. The van der Waals surface area contributed by atoms with Crippen molar-refractivity contribution in [3.05, 3.63) is 59.1 Å². The lowest BCUT2D eigenvalue weighted by Gasteiger charge is -2.24. The van der Waals surface area contributed by atoms with Crippen LogP contribution < -0.4 is 5.32 Å². The zero-order valence-corrected chi connectivity index (χ0v) is 14.6.